The Morgan fingerprint density at radius 1 is 1.00 bits per heavy atom. The molecule has 7 heteroatoms. The molecule has 1 aromatic heterocycles. The van der Waals surface area contributed by atoms with Crippen LogP contribution in [0.3, 0.4) is 0 Å². The molecule has 31 heavy (non-hydrogen) atoms. The van der Waals surface area contributed by atoms with Crippen molar-refractivity contribution in [2.45, 2.75) is 13.5 Å². The number of amides is 1. The summed E-state index contributed by atoms with van der Waals surface area (Å²) < 4.78 is 6.57. The third-order valence-electron chi connectivity index (χ3n) is 5.60. The third kappa shape index (κ3) is 4.77. The number of carbonyl (C=O) groups excluding carboxylic acids is 1. The van der Waals surface area contributed by atoms with Gasteiger partial charge in [-0.2, -0.15) is 0 Å². The summed E-state index contributed by atoms with van der Waals surface area (Å²) in [5.41, 5.74) is 3.53. The van der Waals surface area contributed by atoms with Crippen molar-refractivity contribution >= 4 is 11.6 Å². The Labute approximate surface area is 181 Å². The Hall–Kier alpha value is -3.61. The summed E-state index contributed by atoms with van der Waals surface area (Å²) in [6.07, 6.45) is 1.46. The van der Waals surface area contributed by atoms with Crippen LogP contribution < -0.4 is 15.2 Å². The smallest absolute Gasteiger partial charge is 0.254 e. The molecule has 0 radical (unpaired) electrons. The van der Waals surface area contributed by atoms with Crippen molar-refractivity contribution < 1.29 is 9.53 Å². The highest BCUT2D eigenvalue weighted by atomic mass is 16.5. The molecule has 3 aromatic rings. The quantitative estimate of drug-likeness (QED) is 0.637. The van der Waals surface area contributed by atoms with E-state index in [4.69, 9.17) is 4.74 Å². The topological polar surface area (TPSA) is 67.7 Å². The number of aryl methyl sites for hydroxylation is 1. The van der Waals surface area contributed by atoms with Gasteiger partial charge in [0.1, 0.15) is 12.3 Å². The van der Waals surface area contributed by atoms with Crippen LogP contribution >= 0.6 is 0 Å². The summed E-state index contributed by atoms with van der Waals surface area (Å²) in [4.78, 5) is 33.7. The predicted octanol–water partition coefficient (Wildman–Crippen LogP) is 2.58. The van der Waals surface area contributed by atoms with E-state index in [1.54, 1.807) is 12.0 Å². The lowest BCUT2D eigenvalue weighted by Crippen LogP contribution is -2.50. The Bertz CT molecular complexity index is 1100. The SMILES string of the molecule is COc1ccc(N2CCN(C(=O)Cn3cnc(-c4ccc(C)cc4)cc3=O)CC2)cc1. The molecule has 2 aromatic carbocycles. The highest BCUT2D eigenvalue weighted by Gasteiger charge is 2.22. The van der Waals surface area contributed by atoms with Crippen LogP contribution in [0.4, 0.5) is 5.69 Å². The van der Waals surface area contributed by atoms with Gasteiger partial charge in [0.25, 0.3) is 5.56 Å². The number of ether oxygens (including phenoxy) is 1. The van der Waals surface area contributed by atoms with Crippen LogP contribution in [0.5, 0.6) is 5.75 Å². The van der Waals surface area contributed by atoms with Crippen LogP contribution in [-0.4, -0.2) is 53.6 Å². The molecule has 1 saturated heterocycles. The molecule has 0 unspecified atom stereocenters. The summed E-state index contributed by atoms with van der Waals surface area (Å²) in [7, 11) is 1.65. The van der Waals surface area contributed by atoms with Crippen LogP contribution in [0.15, 0.2) is 65.7 Å². The molecule has 0 saturated carbocycles. The van der Waals surface area contributed by atoms with Crippen LogP contribution in [0.25, 0.3) is 11.3 Å². The van der Waals surface area contributed by atoms with Crippen molar-refractivity contribution in [3.8, 4) is 17.0 Å². The number of piperazine rings is 1. The molecule has 2 heterocycles. The van der Waals surface area contributed by atoms with E-state index in [2.05, 4.69) is 9.88 Å². The fraction of sp³-hybridized carbons (Fsp3) is 0.292. The maximum Gasteiger partial charge on any atom is 0.254 e. The number of carbonyl (C=O) groups is 1. The minimum absolute atomic E-state index is 0.00253. The Morgan fingerprint density at radius 2 is 1.68 bits per heavy atom. The van der Waals surface area contributed by atoms with E-state index in [1.165, 1.54) is 17.0 Å². The van der Waals surface area contributed by atoms with Crippen molar-refractivity contribution in [3.63, 3.8) is 0 Å². The van der Waals surface area contributed by atoms with Gasteiger partial charge in [0, 0.05) is 43.5 Å². The monoisotopic (exact) mass is 418 g/mol. The fourth-order valence-corrected chi connectivity index (χ4v) is 3.68. The maximum atomic E-state index is 12.7. The lowest BCUT2D eigenvalue weighted by molar-refractivity contribution is -0.132. The van der Waals surface area contributed by atoms with Gasteiger partial charge in [0.2, 0.25) is 5.91 Å². The Balaban J connectivity index is 1.36. The molecule has 0 atom stereocenters. The average Bonchev–Trinajstić information content (AvgIpc) is 2.81. The molecule has 4 rings (SSSR count). The van der Waals surface area contributed by atoms with Gasteiger partial charge in [-0.1, -0.05) is 29.8 Å². The largest absolute Gasteiger partial charge is 0.497 e. The Kier molecular flexibility index (Phi) is 6.02. The van der Waals surface area contributed by atoms with E-state index in [0.717, 1.165) is 35.7 Å². The first kappa shape index (κ1) is 20.7. The molecule has 1 aliphatic rings. The molecule has 0 aliphatic carbocycles. The number of aromatic nitrogens is 2. The first-order valence-corrected chi connectivity index (χ1v) is 10.3. The zero-order valence-corrected chi connectivity index (χ0v) is 17.8. The number of benzene rings is 2. The highest BCUT2D eigenvalue weighted by molar-refractivity contribution is 5.76. The zero-order valence-electron chi connectivity index (χ0n) is 17.8. The molecule has 1 amide bonds. The van der Waals surface area contributed by atoms with Gasteiger partial charge in [-0.05, 0) is 31.2 Å². The first-order chi connectivity index (χ1) is 15.0. The van der Waals surface area contributed by atoms with E-state index in [0.29, 0.717) is 18.8 Å². The van der Waals surface area contributed by atoms with E-state index in [1.807, 2.05) is 55.5 Å². The second-order valence-corrected chi connectivity index (χ2v) is 7.67. The summed E-state index contributed by atoms with van der Waals surface area (Å²) in [5.74, 6) is 0.756. The van der Waals surface area contributed by atoms with Crippen LogP contribution in [0, 0.1) is 6.92 Å². The lowest BCUT2D eigenvalue weighted by atomic mass is 10.1. The van der Waals surface area contributed by atoms with E-state index in [-0.39, 0.29) is 18.0 Å². The summed E-state index contributed by atoms with van der Waals surface area (Å²) in [6.45, 7) is 4.75. The minimum Gasteiger partial charge on any atom is -0.497 e. The maximum absolute atomic E-state index is 12.7. The fourth-order valence-electron chi connectivity index (χ4n) is 3.68. The number of hydrogen-bond donors (Lipinski definition) is 0. The van der Waals surface area contributed by atoms with Crippen molar-refractivity contribution in [2.75, 3.05) is 38.2 Å². The molecule has 1 fully saturated rings. The third-order valence-corrected chi connectivity index (χ3v) is 5.60. The predicted molar refractivity (Wildman–Crippen MR) is 120 cm³/mol. The first-order valence-electron chi connectivity index (χ1n) is 10.3. The number of hydrogen-bond acceptors (Lipinski definition) is 5. The average molecular weight is 418 g/mol. The highest BCUT2D eigenvalue weighted by Crippen LogP contribution is 2.20. The zero-order chi connectivity index (χ0) is 21.8. The molecule has 7 nitrogen and oxygen atoms in total. The molecular weight excluding hydrogens is 392 g/mol. The molecular formula is C24H26N4O3. The summed E-state index contributed by atoms with van der Waals surface area (Å²) >= 11 is 0. The van der Waals surface area contributed by atoms with Crippen LogP contribution in [0.2, 0.25) is 0 Å². The molecule has 0 N–H and O–H groups in total. The molecule has 1 aliphatic heterocycles. The molecule has 0 bridgehead atoms. The standard InChI is InChI=1S/C24H26N4O3/c1-18-3-5-19(6-4-18)22-15-23(29)28(17-25-22)16-24(30)27-13-11-26(12-14-27)20-7-9-21(31-2)10-8-20/h3-10,15,17H,11-14,16H2,1-2H3. The van der Waals surface area contributed by atoms with Gasteiger partial charge in [0.05, 0.1) is 19.1 Å². The molecule has 160 valence electrons. The Morgan fingerprint density at radius 3 is 2.29 bits per heavy atom. The number of anilines is 1. The number of methoxy groups -OCH3 is 1. The van der Waals surface area contributed by atoms with Crippen molar-refractivity contribution in [3.05, 3.63) is 76.8 Å². The number of nitrogens with zero attached hydrogens (tertiary/aromatic N) is 4. The van der Waals surface area contributed by atoms with Gasteiger partial charge < -0.3 is 14.5 Å². The summed E-state index contributed by atoms with van der Waals surface area (Å²) in [5, 5.41) is 0. The van der Waals surface area contributed by atoms with Gasteiger partial charge in [-0.25, -0.2) is 4.98 Å². The molecule has 0 spiro atoms. The second kappa shape index (κ2) is 9.04. The minimum atomic E-state index is -0.226. The normalized spacial score (nSPS) is 13.9. The lowest BCUT2D eigenvalue weighted by Gasteiger charge is -2.36. The van der Waals surface area contributed by atoms with Crippen LogP contribution in [0.1, 0.15) is 5.56 Å². The van der Waals surface area contributed by atoms with Crippen molar-refractivity contribution in [1.82, 2.24) is 14.5 Å². The van der Waals surface area contributed by atoms with E-state index in [9.17, 15) is 9.59 Å². The van der Waals surface area contributed by atoms with Crippen molar-refractivity contribution in [2.24, 2.45) is 0 Å². The second-order valence-electron chi connectivity index (χ2n) is 7.67. The van der Waals surface area contributed by atoms with E-state index >= 15 is 0 Å². The van der Waals surface area contributed by atoms with Crippen LogP contribution in [-0.2, 0) is 11.3 Å². The van der Waals surface area contributed by atoms with Gasteiger partial charge in [0.15, 0.2) is 0 Å². The number of rotatable bonds is 5. The van der Waals surface area contributed by atoms with Gasteiger partial charge >= 0.3 is 0 Å². The summed E-state index contributed by atoms with van der Waals surface area (Å²) in [6, 6.07) is 17.3. The van der Waals surface area contributed by atoms with E-state index < -0.39 is 0 Å². The van der Waals surface area contributed by atoms with Crippen molar-refractivity contribution in [1.29, 1.82) is 0 Å². The van der Waals surface area contributed by atoms with Gasteiger partial charge in [-0.3, -0.25) is 14.2 Å². The van der Waals surface area contributed by atoms with Gasteiger partial charge in [-0.15, -0.1) is 0 Å².